The normalized spacial score (nSPS) is 12.1. The number of carbonyl (C=O) groups excluding carboxylic acids is 2. The van der Waals surface area contributed by atoms with Crippen LogP contribution < -0.4 is 11.1 Å². The zero-order chi connectivity index (χ0) is 15.1. The number of aliphatic carboxylic acids is 1. The van der Waals surface area contributed by atoms with E-state index in [9.17, 15) is 14.4 Å². The van der Waals surface area contributed by atoms with Crippen LogP contribution >= 0.6 is 0 Å². The van der Waals surface area contributed by atoms with Gasteiger partial charge < -0.3 is 16.2 Å². The molecule has 4 N–H and O–H groups in total. The Kier molecular flexibility index (Phi) is 5.40. The highest BCUT2D eigenvalue weighted by Crippen LogP contribution is 2.05. The molecular weight excluding hydrogens is 262 g/mol. The van der Waals surface area contributed by atoms with Gasteiger partial charge >= 0.3 is 5.97 Å². The third-order valence-electron chi connectivity index (χ3n) is 2.32. The maximum absolute atomic E-state index is 11.9. The molecule has 0 aromatic carbocycles. The molecule has 106 valence electrons. The van der Waals surface area contributed by atoms with Gasteiger partial charge in [-0.1, -0.05) is 0 Å². The number of amides is 2. The van der Waals surface area contributed by atoms with Crippen LogP contribution in [0.5, 0.6) is 0 Å². The van der Waals surface area contributed by atoms with E-state index in [0.717, 1.165) is 6.08 Å². The van der Waals surface area contributed by atoms with Crippen molar-refractivity contribution in [1.29, 1.82) is 0 Å². The van der Waals surface area contributed by atoms with Gasteiger partial charge in [0.05, 0.1) is 5.56 Å². The fraction of sp³-hybridized carbons (Fsp3) is 0.231. The van der Waals surface area contributed by atoms with E-state index in [-0.39, 0.29) is 12.0 Å². The van der Waals surface area contributed by atoms with Crippen LogP contribution in [0, 0.1) is 0 Å². The van der Waals surface area contributed by atoms with E-state index >= 15 is 0 Å². The predicted octanol–water partition coefficient (Wildman–Crippen LogP) is 0.173. The lowest BCUT2D eigenvalue weighted by molar-refractivity contribution is -0.131. The van der Waals surface area contributed by atoms with Crippen molar-refractivity contribution in [3.05, 3.63) is 35.7 Å². The Bertz CT molecular complexity index is 554. The van der Waals surface area contributed by atoms with E-state index in [0.29, 0.717) is 5.56 Å². The van der Waals surface area contributed by atoms with Crippen LogP contribution in [0.25, 0.3) is 6.08 Å². The second-order valence-electron chi connectivity index (χ2n) is 4.22. The Hall–Kier alpha value is -2.70. The van der Waals surface area contributed by atoms with Crippen molar-refractivity contribution < 1.29 is 19.5 Å². The van der Waals surface area contributed by atoms with Gasteiger partial charge in [0.2, 0.25) is 5.91 Å². The van der Waals surface area contributed by atoms with Crippen molar-refractivity contribution in [2.24, 2.45) is 5.73 Å². The zero-order valence-corrected chi connectivity index (χ0v) is 10.9. The fourth-order valence-electron chi connectivity index (χ4n) is 1.50. The van der Waals surface area contributed by atoms with Gasteiger partial charge in [0.15, 0.2) is 0 Å². The highest BCUT2D eigenvalue weighted by molar-refractivity contribution is 5.95. The van der Waals surface area contributed by atoms with Crippen molar-refractivity contribution >= 4 is 23.9 Å². The first-order valence-corrected chi connectivity index (χ1v) is 5.83. The standard InChI is InChI=1S/C13H15N3O4/c1-8(4-11(14)17)16-13(20)10-5-9(6-15-7-10)2-3-12(18)19/h2-3,5-8H,4H2,1H3,(H2,14,17)(H,16,20)(H,18,19)/b3-2+. The summed E-state index contributed by atoms with van der Waals surface area (Å²) in [7, 11) is 0. The molecule has 7 nitrogen and oxygen atoms in total. The number of nitrogens with one attached hydrogen (secondary N) is 1. The molecule has 0 radical (unpaired) electrons. The molecule has 0 saturated carbocycles. The number of carbonyl (C=O) groups is 3. The predicted molar refractivity (Wildman–Crippen MR) is 71.6 cm³/mol. The number of aromatic nitrogens is 1. The van der Waals surface area contributed by atoms with Gasteiger partial charge in [-0.15, -0.1) is 0 Å². The molecule has 1 rings (SSSR count). The topological polar surface area (TPSA) is 122 Å². The summed E-state index contributed by atoms with van der Waals surface area (Å²) < 4.78 is 0. The summed E-state index contributed by atoms with van der Waals surface area (Å²) in [5.41, 5.74) is 5.79. The van der Waals surface area contributed by atoms with Gasteiger partial charge in [0.25, 0.3) is 5.91 Å². The van der Waals surface area contributed by atoms with Gasteiger partial charge in [0.1, 0.15) is 0 Å². The minimum Gasteiger partial charge on any atom is -0.478 e. The summed E-state index contributed by atoms with van der Waals surface area (Å²) in [4.78, 5) is 36.9. The van der Waals surface area contributed by atoms with Crippen LogP contribution in [0.1, 0.15) is 29.3 Å². The number of nitrogens with two attached hydrogens (primary N) is 1. The lowest BCUT2D eigenvalue weighted by atomic mass is 10.1. The van der Waals surface area contributed by atoms with E-state index in [4.69, 9.17) is 10.8 Å². The molecule has 20 heavy (non-hydrogen) atoms. The van der Waals surface area contributed by atoms with Crippen LogP contribution in [0.4, 0.5) is 0 Å². The van der Waals surface area contributed by atoms with Gasteiger partial charge in [-0.2, -0.15) is 0 Å². The van der Waals surface area contributed by atoms with Crippen LogP contribution in [-0.4, -0.2) is 33.9 Å². The van der Waals surface area contributed by atoms with Crippen molar-refractivity contribution in [2.75, 3.05) is 0 Å². The highest BCUT2D eigenvalue weighted by Gasteiger charge is 2.12. The van der Waals surface area contributed by atoms with Crippen LogP contribution in [0.3, 0.4) is 0 Å². The first-order chi connectivity index (χ1) is 9.38. The minimum absolute atomic E-state index is 0.0395. The molecule has 0 fully saturated rings. The van der Waals surface area contributed by atoms with Crippen molar-refractivity contribution in [1.82, 2.24) is 10.3 Å². The smallest absolute Gasteiger partial charge is 0.328 e. The number of hydrogen-bond donors (Lipinski definition) is 3. The maximum atomic E-state index is 11.9. The van der Waals surface area contributed by atoms with Gasteiger partial charge in [-0.3, -0.25) is 14.6 Å². The molecule has 1 heterocycles. The number of pyridine rings is 1. The largest absolute Gasteiger partial charge is 0.478 e. The molecule has 1 atom stereocenters. The number of carboxylic acid groups (broad SMARTS) is 1. The summed E-state index contributed by atoms with van der Waals surface area (Å²) in [6, 6.07) is 1.11. The Morgan fingerprint density at radius 1 is 1.45 bits per heavy atom. The third-order valence-corrected chi connectivity index (χ3v) is 2.32. The van der Waals surface area contributed by atoms with Crippen LogP contribution in [0.15, 0.2) is 24.5 Å². The number of primary amides is 1. The molecule has 0 aliphatic carbocycles. The second-order valence-corrected chi connectivity index (χ2v) is 4.22. The van der Waals surface area contributed by atoms with E-state index < -0.39 is 23.8 Å². The van der Waals surface area contributed by atoms with Gasteiger partial charge in [-0.05, 0) is 24.6 Å². The number of hydrogen-bond acceptors (Lipinski definition) is 4. The molecule has 1 aromatic heterocycles. The summed E-state index contributed by atoms with van der Waals surface area (Å²) in [6.07, 6.45) is 5.11. The number of nitrogens with zero attached hydrogens (tertiary/aromatic N) is 1. The van der Waals surface area contributed by atoms with Gasteiger partial charge in [0, 0.05) is 30.9 Å². The Balaban J connectivity index is 2.76. The maximum Gasteiger partial charge on any atom is 0.328 e. The molecule has 1 aromatic rings. The molecule has 0 spiro atoms. The molecule has 7 heteroatoms. The molecule has 0 aliphatic heterocycles. The van der Waals surface area contributed by atoms with Crippen LogP contribution in [-0.2, 0) is 9.59 Å². The summed E-state index contributed by atoms with van der Waals surface area (Å²) >= 11 is 0. The van der Waals surface area contributed by atoms with Crippen molar-refractivity contribution in [3.8, 4) is 0 Å². The van der Waals surface area contributed by atoms with E-state index in [1.54, 1.807) is 6.92 Å². The average molecular weight is 277 g/mol. The van der Waals surface area contributed by atoms with Crippen molar-refractivity contribution in [3.63, 3.8) is 0 Å². The first kappa shape index (κ1) is 15.4. The quantitative estimate of drug-likeness (QED) is 0.640. The monoisotopic (exact) mass is 277 g/mol. The average Bonchev–Trinajstić information content (AvgIpc) is 2.35. The Morgan fingerprint density at radius 2 is 2.15 bits per heavy atom. The van der Waals surface area contributed by atoms with Gasteiger partial charge in [-0.25, -0.2) is 4.79 Å². The Labute approximate surface area is 115 Å². The van der Waals surface area contributed by atoms with Crippen molar-refractivity contribution in [2.45, 2.75) is 19.4 Å². The SMILES string of the molecule is CC(CC(N)=O)NC(=O)c1cncc(/C=C/C(=O)O)c1. The molecule has 2 amide bonds. The molecule has 1 unspecified atom stereocenters. The third kappa shape index (κ3) is 5.30. The highest BCUT2D eigenvalue weighted by atomic mass is 16.4. The molecule has 0 saturated heterocycles. The zero-order valence-electron chi connectivity index (χ0n) is 10.9. The summed E-state index contributed by atoms with van der Waals surface area (Å²) in [5.74, 6) is -2.00. The van der Waals surface area contributed by atoms with E-state index in [1.165, 1.54) is 24.5 Å². The number of rotatable bonds is 6. The summed E-state index contributed by atoms with van der Waals surface area (Å²) in [5, 5.41) is 11.1. The van der Waals surface area contributed by atoms with E-state index in [1.807, 2.05) is 0 Å². The lowest BCUT2D eigenvalue weighted by Gasteiger charge is -2.11. The Morgan fingerprint density at radius 3 is 2.75 bits per heavy atom. The molecule has 0 bridgehead atoms. The molecule has 0 aliphatic rings. The second kappa shape index (κ2) is 7.03. The summed E-state index contributed by atoms with van der Waals surface area (Å²) in [6.45, 7) is 1.66. The minimum atomic E-state index is -1.09. The fourth-order valence-corrected chi connectivity index (χ4v) is 1.50. The van der Waals surface area contributed by atoms with Crippen LogP contribution in [0.2, 0.25) is 0 Å². The lowest BCUT2D eigenvalue weighted by Crippen LogP contribution is -2.35. The van der Waals surface area contributed by atoms with E-state index in [2.05, 4.69) is 10.3 Å². The first-order valence-electron chi connectivity index (χ1n) is 5.83. The number of carboxylic acids is 1. The molecular formula is C13H15N3O4.